The average Bonchev–Trinajstić information content (AvgIpc) is 2.36. The summed E-state index contributed by atoms with van der Waals surface area (Å²) in [4.78, 5) is 0. The van der Waals surface area contributed by atoms with Crippen molar-refractivity contribution < 1.29 is 13.3 Å². The van der Waals surface area contributed by atoms with Gasteiger partial charge in [0, 0.05) is 25.0 Å². The molecule has 1 rings (SSSR count). The molecule has 0 aliphatic heterocycles. The van der Waals surface area contributed by atoms with E-state index in [9.17, 15) is 0 Å². The molecule has 4 heteroatoms. The van der Waals surface area contributed by atoms with Gasteiger partial charge < -0.3 is 13.3 Å². The molecule has 0 atom stereocenters. The summed E-state index contributed by atoms with van der Waals surface area (Å²) >= 11 is 0. The topological polar surface area (TPSA) is 27.7 Å². The molecule has 0 N–H and O–H groups in total. The minimum Gasteiger partial charge on any atom is -0.370 e. The Kier molecular flexibility index (Phi) is 6.20. The molecule has 0 aliphatic carbocycles. The summed E-state index contributed by atoms with van der Waals surface area (Å²) in [5, 5.41) is 1.07. The molecule has 0 unspecified atom stereocenters. The van der Waals surface area contributed by atoms with Crippen LogP contribution in [0, 0.1) is 20.8 Å². The van der Waals surface area contributed by atoms with Gasteiger partial charge in [0.15, 0.2) is 0 Å². The van der Waals surface area contributed by atoms with Gasteiger partial charge in [-0.15, -0.1) is 0 Å². The largest absolute Gasteiger partial charge is 0.537 e. The fraction of sp³-hybridized carbons (Fsp3) is 0.600. The molecule has 0 aromatic heterocycles. The summed E-state index contributed by atoms with van der Waals surface area (Å²) in [6.07, 6.45) is 0. The van der Waals surface area contributed by atoms with E-state index in [1.807, 2.05) is 20.8 Å². The van der Waals surface area contributed by atoms with Crippen molar-refractivity contribution in [3.05, 3.63) is 28.8 Å². The van der Waals surface area contributed by atoms with E-state index >= 15 is 0 Å². The molecule has 0 saturated heterocycles. The lowest BCUT2D eigenvalue weighted by atomic mass is 10.1. The van der Waals surface area contributed by atoms with Crippen LogP contribution in [0.4, 0.5) is 0 Å². The summed E-state index contributed by atoms with van der Waals surface area (Å²) < 4.78 is 17.8. The van der Waals surface area contributed by atoms with Crippen molar-refractivity contribution in [3.63, 3.8) is 0 Å². The Bertz CT molecular complexity index is 378. The van der Waals surface area contributed by atoms with E-state index in [2.05, 4.69) is 32.9 Å². The number of aryl methyl sites for hydroxylation is 2. The van der Waals surface area contributed by atoms with E-state index in [4.69, 9.17) is 13.3 Å². The second kappa shape index (κ2) is 7.19. The first-order chi connectivity index (χ1) is 9.00. The van der Waals surface area contributed by atoms with Gasteiger partial charge in [-0.2, -0.15) is 0 Å². The van der Waals surface area contributed by atoms with Crippen LogP contribution in [-0.4, -0.2) is 28.6 Å². The molecular formula is C15H26O3Si. The molecule has 0 heterocycles. The highest BCUT2D eigenvalue weighted by Gasteiger charge is 2.43. The molecular weight excluding hydrogens is 256 g/mol. The van der Waals surface area contributed by atoms with E-state index in [1.165, 1.54) is 16.7 Å². The standard InChI is InChI=1S/C15H26O3Si/c1-7-16-19(17-8-2,18-9-3)15-10-12(4)14(6)13(5)11-15/h10-11H,7-9H2,1-6H3. The minimum atomic E-state index is -2.76. The van der Waals surface area contributed by atoms with Crippen molar-refractivity contribution in [2.45, 2.75) is 41.5 Å². The maximum absolute atomic E-state index is 5.94. The van der Waals surface area contributed by atoms with Crippen LogP contribution in [0.15, 0.2) is 12.1 Å². The lowest BCUT2D eigenvalue weighted by molar-refractivity contribution is 0.0859. The van der Waals surface area contributed by atoms with Crippen LogP contribution in [0.25, 0.3) is 0 Å². The minimum absolute atomic E-state index is 0.595. The Morgan fingerprint density at radius 2 is 1.16 bits per heavy atom. The maximum atomic E-state index is 5.94. The molecule has 1 aromatic rings. The molecule has 0 spiro atoms. The van der Waals surface area contributed by atoms with Crippen molar-refractivity contribution in [2.24, 2.45) is 0 Å². The molecule has 3 nitrogen and oxygen atoms in total. The number of benzene rings is 1. The van der Waals surface area contributed by atoms with Crippen LogP contribution in [-0.2, 0) is 13.3 Å². The van der Waals surface area contributed by atoms with Gasteiger partial charge >= 0.3 is 8.80 Å². The summed E-state index contributed by atoms with van der Waals surface area (Å²) in [7, 11) is -2.76. The van der Waals surface area contributed by atoms with Gasteiger partial charge in [-0.25, -0.2) is 0 Å². The Morgan fingerprint density at radius 1 is 0.789 bits per heavy atom. The predicted octanol–water partition coefficient (Wildman–Crippen LogP) is 2.87. The third-order valence-corrected chi connectivity index (χ3v) is 6.29. The second-order valence-corrected chi connectivity index (χ2v) is 7.15. The second-order valence-electron chi connectivity index (χ2n) is 4.59. The summed E-state index contributed by atoms with van der Waals surface area (Å²) in [6.45, 7) is 14.1. The van der Waals surface area contributed by atoms with E-state index < -0.39 is 8.80 Å². The van der Waals surface area contributed by atoms with E-state index in [0.717, 1.165) is 5.19 Å². The van der Waals surface area contributed by atoms with Crippen LogP contribution in [0.2, 0.25) is 0 Å². The third kappa shape index (κ3) is 3.66. The zero-order chi connectivity index (χ0) is 14.5. The quantitative estimate of drug-likeness (QED) is 0.720. The van der Waals surface area contributed by atoms with E-state index in [0.29, 0.717) is 19.8 Å². The average molecular weight is 282 g/mol. The molecule has 0 saturated carbocycles. The van der Waals surface area contributed by atoms with Gasteiger partial charge in [0.2, 0.25) is 0 Å². The molecule has 19 heavy (non-hydrogen) atoms. The Balaban J connectivity index is 3.29. The number of rotatable bonds is 7. The zero-order valence-corrected chi connectivity index (χ0v) is 14.0. The van der Waals surface area contributed by atoms with Crippen molar-refractivity contribution >= 4 is 14.0 Å². The smallest absolute Gasteiger partial charge is 0.370 e. The highest BCUT2D eigenvalue weighted by Crippen LogP contribution is 2.16. The first-order valence-electron chi connectivity index (χ1n) is 7.00. The lowest BCUT2D eigenvalue weighted by Gasteiger charge is -2.29. The normalized spacial score (nSPS) is 11.9. The van der Waals surface area contributed by atoms with E-state index in [-0.39, 0.29) is 0 Å². The molecule has 0 aliphatic rings. The number of hydrogen-bond donors (Lipinski definition) is 0. The first kappa shape index (κ1) is 16.4. The fourth-order valence-electron chi connectivity index (χ4n) is 2.16. The SMILES string of the molecule is CCO[Si](OCC)(OCC)c1cc(C)c(C)c(C)c1. The van der Waals surface area contributed by atoms with Gasteiger partial charge in [0.05, 0.1) is 0 Å². The van der Waals surface area contributed by atoms with Crippen molar-refractivity contribution in [3.8, 4) is 0 Å². The van der Waals surface area contributed by atoms with Gasteiger partial charge in [0.1, 0.15) is 0 Å². The molecule has 1 aromatic carbocycles. The Morgan fingerprint density at radius 3 is 1.47 bits per heavy atom. The molecule has 108 valence electrons. The van der Waals surface area contributed by atoms with E-state index in [1.54, 1.807) is 0 Å². The van der Waals surface area contributed by atoms with Gasteiger partial charge in [-0.05, 0) is 58.2 Å². The van der Waals surface area contributed by atoms with Crippen molar-refractivity contribution in [2.75, 3.05) is 19.8 Å². The van der Waals surface area contributed by atoms with Gasteiger partial charge in [-0.3, -0.25) is 0 Å². The van der Waals surface area contributed by atoms with Crippen molar-refractivity contribution in [1.82, 2.24) is 0 Å². The maximum Gasteiger partial charge on any atom is 0.537 e. The van der Waals surface area contributed by atoms with Crippen LogP contribution in [0.1, 0.15) is 37.5 Å². The molecule has 0 fully saturated rings. The first-order valence-corrected chi connectivity index (χ1v) is 8.73. The summed E-state index contributed by atoms with van der Waals surface area (Å²) in [5.41, 5.74) is 3.83. The molecule has 0 radical (unpaired) electrons. The molecule has 0 bridgehead atoms. The zero-order valence-electron chi connectivity index (χ0n) is 13.0. The monoisotopic (exact) mass is 282 g/mol. The third-order valence-electron chi connectivity index (χ3n) is 3.28. The fourth-order valence-corrected chi connectivity index (χ4v) is 4.83. The van der Waals surface area contributed by atoms with Crippen LogP contribution in [0.5, 0.6) is 0 Å². The molecule has 0 amide bonds. The predicted molar refractivity (Wildman–Crippen MR) is 80.9 cm³/mol. The van der Waals surface area contributed by atoms with Crippen molar-refractivity contribution in [1.29, 1.82) is 0 Å². The van der Waals surface area contributed by atoms with Gasteiger partial charge in [0.25, 0.3) is 0 Å². The van der Waals surface area contributed by atoms with Crippen LogP contribution >= 0.6 is 0 Å². The summed E-state index contributed by atoms with van der Waals surface area (Å²) in [6, 6.07) is 4.30. The van der Waals surface area contributed by atoms with Crippen LogP contribution < -0.4 is 5.19 Å². The summed E-state index contributed by atoms with van der Waals surface area (Å²) in [5.74, 6) is 0. The Labute approximate surface area is 118 Å². The van der Waals surface area contributed by atoms with Gasteiger partial charge in [-0.1, -0.05) is 12.1 Å². The number of hydrogen-bond acceptors (Lipinski definition) is 3. The highest BCUT2D eigenvalue weighted by atomic mass is 28.4. The highest BCUT2D eigenvalue weighted by molar-refractivity contribution is 6.75. The lowest BCUT2D eigenvalue weighted by Crippen LogP contribution is -2.57. The van der Waals surface area contributed by atoms with Crippen LogP contribution in [0.3, 0.4) is 0 Å². The Hall–Kier alpha value is -0.683.